The Morgan fingerprint density at radius 3 is 2.67 bits per heavy atom. The second-order valence-electron chi connectivity index (χ2n) is 4.11. The Morgan fingerprint density at radius 2 is 1.95 bits per heavy atom. The molecule has 110 valence electrons. The van der Waals surface area contributed by atoms with Crippen LogP contribution in [0.4, 0.5) is 5.69 Å². The van der Waals surface area contributed by atoms with E-state index in [9.17, 15) is 4.79 Å². The van der Waals surface area contributed by atoms with E-state index in [4.69, 9.17) is 27.9 Å². The minimum absolute atomic E-state index is 0.0966. The van der Waals surface area contributed by atoms with Crippen LogP contribution in [-0.4, -0.2) is 18.8 Å². The van der Waals surface area contributed by atoms with Gasteiger partial charge >= 0.3 is 0 Å². The number of anilines is 1. The summed E-state index contributed by atoms with van der Waals surface area (Å²) >= 11 is 13.3. The van der Waals surface area contributed by atoms with Gasteiger partial charge in [-0.2, -0.15) is 0 Å². The Bertz CT molecular complexity index is 649. The summed E-state index contributed by atoms with van der Waals surface area (Å²) < 4.78 is 5.39. The van der Waals surface area contributed by atoms with Gasteiger partial charge in [0, 0.05) is 11.0 Å². The van der Waals surface area contributed by atoms with Crippen LogP contribution in [0.1, 0.15) is 0 Å². The first-order chi connectivity index (χ1) is 10.1. The Hall–Kier alpha value is -1.36. The smallest absolute Gasteiger partial charge is 0.262 e. The summed E-state index contributed by atoms with van der Waals surface area (Å²) in [7, 11) is 0. The largest absolute Gasteiger partial charge is 0.484 e. The fourth-order valence-electron chi connectivity index (χ4n) is 1.65. The van der Waals surface area contributed by atoms with E-state index >= 15 is 0 Å². The normalized spacial score (nSPS) is 10.2. The van der Waals surface area contributed by atoms with E-state index in [0.29, 0.717) is 15.8 Å². The standard InChI is InChI=1S/C15H13Cl2NO2S/c1-21-14-5-3-2-4-13(14)18-15(19)9-20-10-6-7-11(16)12(17)8-10/h2-8H,9H2,1H3,(H,18,19). The summed E-state index contributed by atoms with van der Waals surface area (Å²) in [6.45, 7) is -0.0966. The first-order valence-electron chi connectivity index (χ1n) is 6.11. The third kappa shape index (κ3) is 4.56. The summed E-state index contributed by atoms with van der Waals surface area (Å²) in [5.74, 6) is 0.264. The lowest BCUT2D eigenvalue weighted by atomic mass is 10.3. The van der Waals surface area contributed by atoms with Crippen LogP contribution >= 0.6 is 35.0 Å². The molecule has 2 aromatic carbocycles. The molecule has 1 amide bonds. The molecule has 2 aromatic rings. The van der Waals surface area contributed by atoms with Gasteiger partial charge in [-0.3, -0.25) is 4.79 Å². The predicted molar refractivity (Wildman–Crippen MR) is 88.8 cm³/mol. The number of hydrogen-bond donors (Lipinski definition) is 1. The average Bonchev–Trinajstić information content (AvgIpc) is 2.49. The molecule has 0 heterocycles. The number of para-hydroxylation sites is 1. The van der Waals surface area contributed by atoms with Crippen molar-refractivity contribution < 1.29 is 9.53 Å². The van der Waals surface area contributed by atoms with Crippen molar-refractivity contribution >= 4 is 46.6 Å². The van der Waals surface area contributed by atoms with Crippen molar-refractivity contribution in [3.63, 3.8) is 0 Å². The molecule has 0 fully saturated rings. The Morgan fingerprint density at radius 1 is 1.19 bits per heavy atom. The lowest BCUT2D eigenvalue weighted by Crippen LogP contribution is -2.20. The summed E-state index contributed by atoms with van der Waals surface area (Å²) in [4.78, 5) is 12.9. The van der Waals surface area contributed by atoms with Crippen molar-refractivity contribution in [2.24, 2.45) is 0 Å². The van der Waals surface area contributed by atoms with Gasteiger partial charge < -0.3 is 10.1 Å². The fourth-order valence-corrected chi connectivity index (χ4v) is 2.49. The molecule has 0 bridgehead atoms. The van der Waals surface area contributed by atoms with Crippen molar-refractivity contribution in [2.75, 3.05) is 18.2 Å². The van der Waals surface area contributed by atoms with E-state index < -0.39 is 0 Å². The number of halogens is 2. The molecule has 0 spiro atoms. The third-order valence-corrected chi connectivity index (χ3v) is 4.18. The zero-order chi connectivity index (χ0) is 15.2. The summed E-state index contributed by atoms with van der Waals surface area (Å²) in [6, 6.07) is 12.5. The molecule has 6 heteroatoms. The molecule has 0 atom stereocenters. The highest BCUT2D eigenvalue weighted by molar-refractivity contribution is 7.98. The zero-order valence-corrected chi connectivity index (χ0v) is 13.6. The maximum absolute atomic E-state index is 11.9. The van der Waals surface area contributed by atoms with Crippen LogP contribution in [0.3, 0.4) is 0 Å². The second-order valence-corrected chi connectivity index (χ2v) is 5.78. The molecular formula is C15H13Cl2NO2S. The maximum atomic E-state index is 11.9. The summed E-state index contributed by atoms with van der Waals surface area (Å²) in [5, 5.41) is 3.65. The molecular weight excluding hydrogens is 329 g/mol. The molecule has 0 unspecified atom stereocenters. The topological polar surface area (TPSA) is 38.3 Å². The fraction of sp³-hybridized carbons (Fsp3) is 0.133. The molecule has 0 aliphatic rings. The van der Waals surface area contributed by atoms with Gasteiger partial charge in [0.05, 0.1) is 15.7 Å². The highest BCUT2D eigenvalue weighted by Crippen LogP contribution is 2.27. The van der Waals surface area contributed by atoms with Gasteiger partial charge in [-0.15, -0.1) is 11.8 Å². The molecule has 3 nitrogen and oxygen atoms in total. The van der Waals surface area contributed by atoms with Crippen LogP contribution in [0.2, 0.25) is 10.0 Å². The molecule has 0 aliphatic heterocycles. The maximum Gasteiger partial charge on any atom is 0.262 e. The van der Waals surface area contributed by atoms with E-state index in [1.807, 2.05) is 30.5 Å². The SMILES string of the molecule is CSc1ccccc1NC(=O)COc1ccc(Cl)c(Cl)c1. The number of ether oxygens (including phenoxy) is 1. The van der Waals surface area contributed by atoms with Crippen LogP contribution in [-0.2, 0) is 4.79 Å². The van der Waals surface area contributed by atoms with Crippen molar-refractivity contribution in [1.29, 1.82) is 0 Å². The van der Waals surface area contributed by atoms with Crippen LogP contribution in [0.5, 0.6) is 5.75 Å². The van der Waals surface area contributed by atoms with Crippen molar-refractivity contribution in [3.8, 4) is 5.75 Å². The number of thioether (sulfide) groups is 1. The Kier molecular flexibility index (Phi) is 5.79. The lowest BCUT2D eigenvalue weighted by Gasteiger charge is -2.10. The number of amides is 1. The van der Waals surface area contributed by atoms with E-state index in [2.05, 4.69) is 5.32 Å². The van der Waals surface area contributed by atoms with Gasteiger partial charge in [0.15, 0.2) is 6.61 Å². The quantitative estimate of drug-likeness (QED) is 0.798. The van der Waals surface area contributed by atoms with Crippen LogP contribution in [0.15, 0.2) is 47.4 Å². The monoisotopic (exact) mass is 341 g/mol. The molecule has 0 saturated heterocycles. The van der Waals surface area contributed by atoms with Gasteiger partial charge in [-0.1, -0.05) is 35.3 Å². The Labute approximate surface area is 137 Å². The van der Waals surface area contributed by atoms with Crippen molar-refractivity contribution in [2.45, 2.75) is 4.90 Å². The average molecular weight is 342 g/mol. The molecule has 0 aliphatic carbocycles. The van der Waals surface area contributed by atoms with Crippen molar-refractivity contribution in [3.05, 3.63) is 52.5 Å². The van der Waals surface area contributed by atoms with Gasteiger partial charge in [0.25, 0.3) is 5.91 Å². The molecule has 2 rings (SSSR count). The van der Waals surface area contributed by atoms with Crippen LogP contribution in [0, 0.1) is 0 Å². The minimum atomic E-state index is -0.234. The van der Waals surface area contributed by atoms with E-state index in [1.54, 1.807) is 30.0 Å². The highest BCUT2D eigenvalue weighted by atomic mass is 35.5. The minimum Gasteiger partial charge on any atom is -0.484 e. The number of rotatable bonds is 5. The van der Waals surface area contributed by atoms with Gasteiger partial charge in [0.2, 0.25) is 0 Å². The highest BCUT2D eigenvalue weighted by Gasteiger charge is 2.07. The molecule has 21 heavy (non-hydrogen) atoms. The molecule has 0 radical (unpaired) electrons. The number of hydrogen-bond acceptors (Lipinski definition) is 3. The van der Waals surface area contributed by atoms with Crippen LogP contribution < -0.4 is 10.1 Å². The van der Waals surface area contributed by atoms with Gasteiger partial charge in [0.1, 0.15) is 5.75 Å². The number of carbonyl (C=O) groups excluding carboxylic acids is 1. The van der Waals surface area contributed by atoms with E-state index in [-0.39, 0.29) is 12.5 Å². The van der Waals surface area contributed by atoms with E-state index in [1.165, 1.54) is 0 Å². The zero-order valence-electron chi connectivity index (χ0n) is 11.2. The first-order valence-corrected chi connectivity index (χ1v) is 8.09. The predicted octanol–water partition coefficient (Wildman–Crippen LogP) is 4.73. The van der Waals surface area contributed by atoms with E-state index in [0.717, 1.165) is 10.6 Å². The van der Waals surface area contributed by atoms with Crippen molar-refractivity contribution in [1.82, 2.24) is 0 Å². The van der Waals surface area contributed by atoms with Crippen LogP contribution in [0.25, 0.3) is 0 Å². The molecule has 1 N–H and O–H groups in total. The van der Waals surface area contributed by atoms with Gasteiger partial charge in [-0.05, 0) is 30.5 Å². The molecule has 0 aromatic heterocycles. The molecule has 0 saturated carbocycles. The lowest BCUT2D eigenvalue weighted by molar-refractivity contribution is -0.118. The second kappa shape index (κ2) is 7.59. The summed E-state index contributed by atoms with van der Waals surface area (Å²) in [5.41, 5.74) is 0.771. The number of carbonyl (C=O) groups is 1. The number of nitrogens with one attached hydrogen (secondary N) is 1. The third-order valence-electron chi connectivity index (χ3n) is 2.64. The van der Waals surface area contributed by atoms with Gasteiger partial charge in [-0.25, -0.2) is 0 Å². The Balaban J connectivity index is 1.94. The first kappa shape index (κ1) is 16.0. The number of benzene rings is 2. The summed E-state index contributed by atoms with van der Waals surface area (Å²) in [6.07, 6.45) is 1.96.